The number of likely N-dealkylation sites (tertiary alicyclic amines) is 1. The normalized spacial score (nSPS) is 23.5. The number of amides is 1. The molecule has 1 saturated heterocycles. The third-order valence-corrected chi connectivity index (χ3v) is 4.53. The van der Waals surface area contributed by atoms with Crippen LogP contribution in [0.15, 0.2) is 18.2 Å². The van der Waals surface area contributed by atoms with Crippen LogP contribution in [-0.2, 0) is 0 Å². The molecular weight excluding hydrogens is 260 g/mol. The quantitative estimate of drug-likeness (QED) is 0.905. The molecule has 0 spiro atoms. The Labute approximate surface area is 119 Å². The van der Waals surface area contributed by atoms with E-state index in [1.54, 1.807) is 6.07 Å². The Morgan fingerprint density at radius 2 is 2.26 bits per heavy atom. The van der Waals surface area contributed by atoms with E-state index in [1.165, 1.54) is 0 Å². The lowest BCUT2D eigenvalue weighted by molar-refractivity contribution is 0.0618. The van der Waals surface area contributed by atoms with E-state index in [9.17, 15) is 4.79 Å². The second kappa shape index (κ2) is 5.93. The molecule has 0 aliphatic carbocycles. The van der Waals surface area contributed by atoms with Gasteiger partial charge in [-0.05, 0) is 49.4 Å². The number of aryl methyl sites for hydroxylation is 1. The lowest BCUT2D eigenvalue weighted by atomic mass is 9.87. The van der Waals surface area contributed by atoms with Gasteiger partial charge in [0.25, 0.3) is 5.91 Å². The largest absolute Gasteiger partial charge is 0.338 e. The average Bonchev–Trinajstić information content (AvgIpc) is 2.41. The first-order valence-electron chi connectivity index (χ1n) is 6.78. The first kappa shape index (κ1) is 14.4. The number of halogens is 1. The zero-order chi connectivity index (χ0) is 14.0. The van der Waals surface area contributed by atoms with Gasteiger partial charge in [-0.3, -0.25) is 4.79 Å². The van der Waals surface area contributed by atoms with Gasteiger partial charge in [-0.2, -0.15) is 0 Å². The van der Waals surface area contributed by atoms with Crippen molar-refractivity contribution in [2.24, 2.45) is 17.6 Å². The molecule has 0 radical (unpaired) electrons. The smallest absolute Gasteiger partial charge is 0.253 e. The third kappa shape index (κ3) is 3.10. The predicted molar refractivity (Wildman–Crippen MR) is 78.4 cm³/mol. The van der Waals surface area contributed by atoms with Gasteiger partial charge >= 0.3 is 0 Å². The van der Waals surface area contributed by atoms with Gasteiger partial charge in [0.05, 0.1) is 0 Å². The Morgan fingerprint density at radius 1 is 1.53 bits per heavy atom. The molecule has 1 aliphatic rings. The summed E-state index contributed by atoms with van der Waals surface area (Å²) in [4.78, 5) is 14.4. The van der Waals surface area contributed by atoms with Crippen LogP contribution >= 0.6 is 11.6 Å². The number of carbonyl (C=O) groups is 1. The third-order valence-electron chi connectivity index (χ3n) is 4.12. The van der Waals surface area contributed by atoms with Crippen LogP contribution in [0.2, 0.25) is 5.02 Å². The number of nitrogens with zero attached hydrogens (tertiary/aromatic N) is 1. The standard InChI is InChI=1S/C15H21ClN2O/c1-10-5-6-18(9-13(10)8-17)15(19)12-4-3-11(2)14(16)7-12/h3-4,7,10,13H,5-6,8-9,17H2,1-2H3. The molecule has 1 amide bonds. The van der Waals surface area contributed by atoms with Gasteiger partial charge < -0.3 is 10.6 Å². The lowest BCUT2D eigenvalue weighted by Crippen LogP contribution is -2.45. The van der Waals surface area contributed by atoms with Crippen LogP contribution in [0.5, 0.6) is 0 Å². The minimum Gasteiger partial charge on any atom is -0.338 e. The van der Waals surface area contributed by atoms with E-state index in [4.69, 9.17) is 17.3 Å². The SMILES string of the molecule is Cc1ccc(C(=O)N2CCC(C)C(CN)C2)cc1Cl. The first-order valence-corrected chi connectivity index (χ1v) is 7.16. The highest BCUT2D eigenvalue weighted by atomic mass is 35.5. The van der Waals surface area contributed by atoms with E-state index in [0.29, 0.717) is 29.0 Å². The van der Waals surface area contributed by atoms with Crippen molar-refractivity contribution in [3.05, 3.63) is 34.3 Å². The van der Waals surface area contributed by atoms with Gasteiger partial charge in [0.15, 0.2) is 0 Å². The highest BCUT2D eigenvalue weighted by Gasteiger charge is 2.28. The molecule has 19 heavy (non-hydrogen) atoms. The molecule has 104 valence electrons. The molecule has 2 rings (SSSR count). The maximum Gasteiger partial charge on any atom is 0.253 e. The summed E-state index contributed by atoms with van der Waals surface area (Å²) in [6, 6.07) is 5.50. The van der Waals surface area contributed by atoms with Crippen molar-refractivity contribution in [3.8, 4) is 0 Å². The summed E-state index contributed by atoms with van der Waals surface area (Å²) in [5.41, 5.74) is 7.44. The highest BCUT2D eigenvalue weighted by molar-refractivity contribution is 6.31. The molecule has 3 nitrogen and oxygen atoms in total. The van der Waals surface area contributed by atoms with Gasteiger partial charge in [0.2, 0.25) is 0 Å². The predicted octanol–water partition coefficient (Wildman–Crippen LogP) is 2.71. The van der Waals surface area contributed by atoms with Crippen LogP contribution in [0.4, 0.5) is 0 Å². The summed E-state index contributed by atoms with van der Waals surface area (Å²) in [5, 5.41) is 0.645. The molecule has 4 heteroatoms. The van der Waals surface area contributed by atoms with E-state index in [1.807, 2.05) is 24.0 Å². The molecule has 1 aromatic carbocycles. The summed E-state index contributed by atoms with van der Waals surface area (Å²) in [7, 11) is 0. The second-order valence-electron chi connectivity index (χ2n) is 5.48. The van der Waals surface area contributed by atoms with Crippen LogP contribution in [-0.4, -0.2) is 30.4 Å². The minimum absolute atomic E-state index is 0.0623. The topological polar surface area (TPSA) is 46.3 Å². The Kier molecular flexibility index (Phi) is 4.48. The van der Waals surface area contributed by atoms with Gasteiger partial charge in [0, 0.05) is 23.7 Å². The number of benzene rings is 1. The average molecular weight is 281 g/mol. The molecule has 0 aromatic heterocycles. The lowest BCUT2D eigenvalue weighted by Gasteiger charge is -2.36. The molecule has 1 aliphatic heterocycles. The fraction of sp³-hybridized carbons (Fsp3) is 0.533. The van der Waals surface area contributed by atoms with Gasteiger partial charge in [0.1, 0.15) is 0 Å². The molecule has 0 bridgehead atoms. The van der Waals surface area contributed by atoms with Gasteiger partial charge in [-0.25, -0.2) is 0 Å². The van der Waals surface area contributed by atoms with Crippen molar-refractivity contribution < 1.29 is 4.79 Å². The number of rotatable bonds is 2. The van der Waals surface area contributed by atoms with Crippen molar-refractivity contribution in [2.45, 2.75) is 20.3 Å². The summed E-state index contributed by atoms with van der Waals surface area (Å²) >= 11 is 6.09. The van der Waals surface area contributed by atoms with Crippen LogP contribution in [0.25, 0.3) is 0 Å². The van der Waals surface area contributed by atoms with E-state index < -0.39 is 0 Å². The van der Waals surface area contributed by atoms with Crippen molar-refractivity contribution >= 4 is 17.5 Å². The Balaban J connectivity index is 2.13. The van der Waals surface area contributed by atoms with E-state index in [2.05, 4.69) is 6.92 Å². The maximum atomic E-state index is 12.5. The number of hydrogen-bond acceptors (Lipinski definition) is 2. The summed E-state index contributed by atoms with van der Waals surface area (Å²) in [6.07, 6.45) is 1.02. The Morgan fingerprint density at radius 3 is 2.89 bits per heavy atom. The van der Waals surface area contributed by atoms with Crippen molar-refractivity contribution in [1.29, 1.82) is 0 Å². The molecule has 2 N–H and O–H groups in total. The zero-order valence-electron chi connectivity index (χ0n) is 11.5. The van der Waals surface area contributed by atoms with Crippen molar-refractivity contribution in [1.82, 2.24) is 4.90 Å². The number of nitrogens with two attached hydrogens (primary N) is 1. The Bertz CT molecular complexity index is 475. The van der Waals surface area contributed by atoms with Crippen LogP contribution in [0.1, 0.15) is 29.3 Å². The fourth-order valence-corrected chi connectivity index (χ4v) is 2.73. The maximum absolute atomic E-state index is 12.5. The Hall–Kier alpha value is -1.06. The monoisotopic (exact) mass is 280 g/mol. The number of carbonyl (C=O) groups excluding carboxylic acids is 1. The van der Waals surface area contributed by atoms with Crippen LogP contribution in [0, 0.1) is 18.8 Å². The summed E-state index contributed by atoms with van der Waals surface area (Å²) in [6.45, 7) is 6.34. The molecule has 1 heterocycles. The summed E-state index contributed by atoms with van der Waals surface area (Å²) in [5.74, 6) is 1.06. The van der Waals surface area contributed by atoms with Crippen LogP contribution in [0.3, 0.4) is 0 Å². The van der Waals surface area contributed by atoms with Crippen molar-refractivity contribution in [2.75, 3.05) is 19.6 Å². The molecule has 1 fully saturated rings. The van der Waals surface area contributed by atoms with E-state index in [-0.39, 0.29) is 5.91 Å². The zero-order valence-corrected chi connectivity index (χ0v) is 12.3. The molecule has 0 saturated carbocycles. The fourth-order valence-electron chi connectivity index (χ4n) is 2.55. The minimum atomic E-state index is 0.0623. The van der Waals surface area contributed by atoms with Gasteiger partial charge in [-0.1, -0.05) is 24.6 Å². The first-order chi connectivity index (χ1) is 9.02. The van der Waals surface area contributed by atoms with E-state index >= 15 is 0 Å². The van der Waals surface area contributed by atoms with Gasteiger partial charge in [-0.15, -0.1) is 0 Å². The second-order valence-corrected chi connectivity index (χ2v) is 5.88. The van der Waals surface area contributed by atoms with E-state index in [0.717, 1.165) is 25.1 Å². The van der Waals surface area contributed by atoms with Crippen LogP contribution < -0.4 is 5.73 Å². The summed E-state index contributed by atoms with van der Waals surface area (Å²) < 4.78 is 0. The molecule has 2 atom stereocenters. The molecular formula is C15H21ClN2O. The van der Waals surface area contributed by atoms with Crippen molar-refractivity contribution in [3.63, 3.8) is 0 Å². The highest BCUT2D eigenvalue weighted by Crippen LogP contribution is 2.24. The molecule has 1 aromatic rings. The number of piperidine rings is 1. The number of hydrogen-bond donors (Lipinski definition) is 1. The molecule has 2 unspecified atom stereocenters.